The van der Waals surface area contributed by atoms with Crippen LogP contribution in [0, 0.1) is 5.92 Å². The van der Waals surface area contributed by atoms with Crippen LogP contribution in [0.3, 0.4) is 0 Å². The predicted octanol–water partition coefficient (Wildman–Crippen LogP) is 3.30. The highest BCUT2D eigenvalue weighted by Gasteiger charge is 2.21. The quantitative estimate of drug-likeness (QED) is 0.424. The van der Waals surface area contributed by atoms with Crippen molar-refractivity contribution in [2.45, 2.75) is 38.5 Å². The number of halogens is 1. The molecule has 1 aliphatic carbocycles. The Morgan fingerprint density at radius 2 is 1.95 bits per heavy atom. The third-order valence-corrected chi connectivity index (χ3v) is 4.31. The maximum Gasteiger partial charge on any atom is 0.188 e. The molecule has 1 aliphatic rings. The van der Waals surface area contributed by atoms with Gasteiger partial charge in [-0.1, -0.05) is 32.4 Å². The van der Waals surface area contributed by atoms with Crippen LogP contribution in [0.5, 0.6) is 5.75 Å². The van der Waals surface area contributed by atoms with E-state index in [0.29, 0.717) is 12.5 Å². The number of hydrogen-bond donors (Lipinski definition) is 2. The molecule has 0 unspecified atom stereocenters. The number of aliphatic imine (C=N–C) groups is 1. The molecular weight excluding hydrogens is 389 g/mol. The van der Waals surface area contributed by atoms with Crippen LogP contribution in [0.25, 0.3) is 0 Å². The van der Waals surface area contributed by atoms with Gasteiger partial charge in [0, 0.05) is 12.0 Å². The monoisotopic (exact) mass is 417 g/mol. The molecule has 0 saturated heterocycles. The Bertz CT molecular complexity index is 481. The highest BCUT2D eigenvalue weighted by Crippen LogP contribution is 2.26. The van der Waals surface area contributed by atoms with Crippen molar-refractivity contribution >= 4 is 29.9 Å². The summed E-state index contributed by atoms with van der Waals surface area (Å²) in [5, 5.41) is 3.23. The van der Waals surface area contributed by atoms with Gasteiger partial charge in [-0.25, -0.2) is 0 Å². The Balaban J connectivity index is 0.00000242. The average Bonchev–Trinajstić information content (AvgIpc) is 2.44. The SMILES string of the molecule is COc1ccc(C(C)(C)CN=C(N)NCC2CCC2)cc1.I. The topological polar surface area (TPSA) is 59.6 Å². The van der Waals surface area contributed by atoms with Crippen LogP contribution < -0.4 is 15.8 Å². The standard InChI is InChI=1S/C17H27N3O.HI/c1-17(2,14-7-9-15(21-3)10-8-14)12-20-16(18)19-11-13-5-4-6-13;/h7-10,13H,4-6,11-12H2,1-3H3,(H3,18,19,20);1H. The van der Waals surface area contributed by atoms with Crippen molar-refractivity contribution in [1.29, 1.82) is 0 Å². The van der Waals surface area contributed by atoms with Crippen molar-refractivity contribution < 1.29 is 4.74 Å². The van der Waals surface area contributed by atoms with E-state index in [0.717, 1.165) is 18.2 Å². The van der Waals surface area contributed by atoms with E-state index < -0.39 is 0 Å². The van der Waals surface area contributed by atoms with Crippen molar-refractivity contribution in [2.75, 3.05) is 20.2 Å². The van der Waals surface area contributed by atoms with Crippen molar-refractivity contribution in [3.8, 4) is 5.75 Å². The molecule has 5 heteroatoms. The van der Waals surface area contributed by atoms with Gasteiger partial charge >= 0.3 is 0 Å². The van der Waals surface area contributed by atoms with Gasteiger partial charge in [0.2, 0.25) is 0 Å². The van der Waals surface area contributed by atoms with Gasteiger partial charge < -0.3 is 15.8 Å². The minimum atomic E-state index is -0.0466. The summed E-state index contributed by atoms with van der Waals surface area (Å²) in [7, 11) is 1.68. The van der Waals surface area contributed by atoms with Crippen LogP contribution in [0.2, 0.25) is 0 Å². The Labute approximate surface area is 150 Å². The van der Waals surface area contributed by atoms with Gasteiger partial charge in [-0.2, -0.15) is 0 Å². The Morgan fingerprint density at radius 3 is 2.45 bits per heavy atom. The lowest BCUT2D eigenvalue weighted by atomic mass is 9.85. The Morgan fingerprint density at radius 1 is 1.32 bits per heavy atom. The first-order valence-electron chi connectivity index (χ1n) is 7.69. The minimum Gasteiger partial charge on any atom is -0.497 e. The van der Waals surface area contributed by atoms with Gasteiger partial charge in [0.1, 0.15) is 5.75 Å². The fraction of sp³-hybridized carbons (Fsp3) is 0.588. The van der Waals surface area contributed by atoms with Crippen LogP contribution in [-0.4, -0.2) is 26.2 Å². The summed E-state index contributed by atoms with van der Waals surface area (Å²) in [6.45, 7) is 5.98. The first-order chi connectivity index (χ1) is 10.0. The number of nitrogens with zero attached hydrogens (tertiary/aromatic N) is 1. The molecular formula is C17H28IN3O. The first-order valence-corrected chi connectivity index (χ1v) is 7.69. The number of nitrogens with one attached hydrogen (secondary N) is 1. The van der Waals surface area contributed by atoms with Gasteiger partial charge in [-0.05, 0) is 36.5 Å². The third-order valence-electron chi connectivity index (χ3n) is 4.31. The van der Waals surface area contributed by atoms with Crippen LogP contribution in [0.1, 0.15) is 38.7 Å². The van der Waals surface area contributed by atoms with Gasteiger partial charge in [-0.3, -0.25) is 4.99 Å². The first kappa shape index (κ1) is 19.1. The minimum absolute atomic E-state index is 0. The second kappa shape index (κ2) is 8.60. The summed E-state index contributed by atoms with van der Waals surface area (Å²) in [5.41, 5.74) is 7.14. The van der Waals surface area contributed by atoms with E-state index in [1.807, 2.05) is 12.1 Å². The molecule has 3 N–H and O–H groups in total. The van der Waals surface area contributed by atoms with Crippen molar-refractivity contribution in [3.63, 3.8) is 0 Å². The van der Waals surface area contributed by atoms with Gasteiger partial charge in [0.15, 0.2) is 5.96 Å². The Kier molecular flexibility index (Phi) is 7.45. The second-order valence-corrected chi connectivity index (χ2v) is 6.49. The Hall–Kier alpha value is -0.980. The molecule has 0 radical (unpaired) electrons. The largest absolute Gasteiger partial charge is 0.497 e. The molecule has 1 aromatic rings. The summed E-state index contributed by atoms with van der Waals surface area (Å²) >= 11 is 0. The van der Waals surface area contributed by atoms with Crippen LogP contribution in [0.15, 0.2) is 29.3 Å². The summed E-state index contributed by atoms with van der Waals surface area (Å²) in [5.74, 6) is 2.22. The molecule has 124 valence electrons. The highest BCUT2D eigenvalue weighted by atomic mass is 127. The van der Waals surface area contributed by atoms with E-state index in [1.54, 1.807) is 7.11 Å². The van der Waals surface area contributed by atoms with E-state index in [4.69, 9.17) is 10.5 Å². The van der Waals surface area contributed by atoms with Crippen LogP contribution >= 0.6 is 24.0 Å². The fourth-order valence-corrected chi connectivity index (χ4v) is 2.42. The number of guanidine groups is 1. The molecule has 0 amide bonds. The predicted molar refractivity (Wildman–Crippen MR) is 103 cm³/mol. The molecule has 0 bridgehead atoms. The van der Waals surface area contributed by atoms with Crippen molar-refractivity contribution in [2.24, 2.45) is 16.6 Å². The molecule has 22 heavy (non-hydrogen) atoms. The lowest BCUT2D eigenvalue weighted by Crippen LogP contribution is -2.38. The number of methoxy groups -OCH3 is 1. The molecule has 0 spiro atoms. The smallest absolute Gasteiger partial charge is 0.188 e. The zero-order valence-electron chi connectivity index (χ0n) is 13.8. The van der Waals surface area contributed by atoms with Crippen molar-refractivity contribution in [1.82, 2.24) is 5.32 Å². The maximum atomic E-state index is 5.95. The number of ether oxygens (including phenoxy) is 1. The molecule has 1 fully saturated rings. The zero-order valence-corrected chi connectivity index (χ0v) is 16.1. The van der Waals surface area contributed by atoms with Crippen LogP contribution in [0.4, 0.5) is 0 Å². The van der Waals surface area contributed by atoms with Crippen molar-refractivity contribution in [3.05, 3.63) is 29.8 Å². The molecule has 0 heterocycles. The van der Waals surface area contributed by atoms with Crippen LogP contribution in [-0.2, 0) is 5.41 Å². The molecule has 1 aromatic carbocycles. The van der Waals surface area contributed by atoms with E-state index in [1.165, 1.54) is 24.8 Å². The summed E-state index contributed by atoms with van der Waals surface area (Å²) in [6, 6.07) is 8.15. The third kappa shape index (κ3) is 5.34. The normalized spacial score (nSPS) is 15.7. The fourth-order valence-electron chi connectivity index (χ4n) is 2.42. The highest BCUT2D eigenvalue weighted by molar-refractivity contribution is 14.0. The summed E-state index contributed by atoms with van der Waals surface area (Å²) in [4.78, 5) is 4.50. The number of rotatable bonds is 6. The molecule has 0 aromatic heterocycles. The average molecular weight is 417 g/mol. The number of benzene rings is 1. The van der Waals surface area contributed by atoms with Gasteiger partial charge in [0.05, 0.1) is 13.7 Å². The summed E-state index contributed by atoms with van der Waals surface area (Å²) < 4.78 is 5.19. The van der Waals surface area contributed by atoms with E-state index in [9.17, 15) is 0 Å². The molecule has 2 rings (SSSR count). The van der Waals surface area contributed by atoms with E-state index >= 15 is 0 Å². The molecule has 4 nitrogen and oxygen atoms in total. The lowest BCUT2D eigenvalue weighted by Gasteiger charge is -2.26. The lowest BCUT2D eigenvalue weighted by molar-refractivity contribution is 0.315. The number of hydrogen-bond acceptors (Lipinski definition) is 2. The zero-order chi connectivity index (χ0) is 15.3. The molecule has 0 aliphatic heterocycles. The summed E-state index contributed by atoms with van der Waals surface area (Å²) in [6.07, 6.45) is 3.99. The molecule has 1 saturated carbocycles. The van der Waals surface area contributed by atoms with Gasteiger partial charge in [-0.15, -0.1) is 24.0 Å². The van der Waals surface area contributed by atoms with E-state index in [2.05, 4.69) is 36.3 Å². The maximum absolute atomic E-state index is 5.95. The second-order valence-electron chi connectivity index (χ2n) is 6.49. The van der Waals surface area contributed by atoms with Gasteiger partial charge in [0.25, 0.3) is 0 Å². The van der Waals surface area contributed by atoms with E-state index in [-0.39, 0.29) is 29.4 Å². The molecule has 0 atom stereocenters. The number of nitrogens with two attached hydrogens (primary N) is 1.